The molecule has 2 rings (SSSR count). The van der Waals surface area contributed by atoms with E-state index >= 15 is 0 Å². The van der Waals surface area contributed by atoms with Crippen molar-refractivity contribution < 1.29 is 0 Å². The molecule has 2 N–H and O–H groups in total. The van der Waals surface area contributed by atoms with Crippen LogP contribution in [0.4, 0.5) is 5.95 Å². The van der Waals surface area contributed by atoms with Crippen molar-refractivity contribution in [3.63, 3.8) is 0 Å². The highest BCUT2D eigenvalue weighted by atomic mass is 32.1. The van der Waals surface area contributed by atoms with Crippen LogP contribution in [0, 0.1) is 0 Å². The molecule has 0 unspecified atom stereocenters. The molecule has 98 valence electrons. The largest absolute Gasteiger partial charge is 0.362 e. The lowest BCUT2D eigenvalue weighted by Crippen LogP contribution is -2.55. The Bertz CT molecular complexity index is 376. The van der Waals surface area contributed by atoms with Gasteiger partial charge in [0, 0.05) is 45.1 Å². The van der Waals surface area contributed by atoms with E-state index in [0.717, 1.165) is 38.7 Å². The van der Waals surface area contributed by atoms with E-state index < -0.39 is 0 Å². The Morgan fingerprint density at radius 2 is 1.94 bits per heavy atom. The van der Waals surface area contributed by atoms with Gasteiger partial charge in [-0.3, -0.25) is 5.43 Å². The second kappa shape index (κ2) is 6.46. The first-order chi connectivity index (χ1) is 8.79. The van der Waals surface area contributed by atoms with Crippen molar-refractivity contribution in [3.05, 3.63) is 18.5 Å². The third-order valence-corrected chi connectivity index (χ3v) is 2.95. The number of hydrogen-bond donors (Lipinski definition) is 2. The number of rotatable bonds is 3. The minimum Gasteiger partial charge on any atom is -0.362 e. The van der Waals surface area contributed by atoms with Crippen molar-refractivity contribution in [2.45, 2.75) is 6.92 Å². The lowest BCUT2D eigenvalue weighted by Gasteiger charge is -2.35. The van der Waals surface area contributed by atoms with E-state index in [1.165, 1.54) is 0 Å². The zero-order valence-corrected chi connectivity index (χ0v) is 11.3. The summed E-state index contributed by atoms with van der Waals surface area (Å²) in [4.78, 5) is 10.7. The molecule has 1 aromatic rings. The van der Waals surface area contributed by atoms with Crippen LogP contribution in [-0.4, -0.2) is 52.8 Å². The van der Waals surface area contributed by atoms with E-state index in [4.69, 9.17) is 12.2 Å². The first kappa shape index (κ1) is 13.0. The molecule has 0 bridgehead atoms. The molecule has 0 amide bonds. The topological polar surface area (TPSA) is 56.3 Å². The fraction of sp³-hybridized carbons (Fsp3) is 0.545. The van der Waals surface area contributed by atoms with Gasteiger partial charge in [-0.25, -0.2) is 15.0 Å². The second-order valence-electron chi connectivity index (χ2n) is 3.99. The Morgan fingerprint density at radius 3 is 2.56 bits per heavy atom. The van der Waals surface area contributed by atoms with Gasteiger partial charge in [0.1, 0.15) is 0 Å². The Balaban J connectivity index is 1.80. The van der Waals surface area contributed by atoms with Gasteiger partial charge < -0.3 is 10.2 Å². The summed E-state index contributed by atoms with van der Waals surface area (Å²) >= 11 is 5.15. The van der Waals surface area contributed by atoms with Crippen molar-refractivity contribution in [2.24, 2.45) is 0 Å². The lowest BCUT2D eigenvalue weighted by atomic mass is 10.4. The van der Waals surface area contributed by atoms with Crippen molar-refractivity contribution in [2.75, 3.05) is 37.6 Å². The molecule has 6 nitrogen and oxygen atoms in total. The Morgan fingerprint density at radius 1 is 1.28 bits per heavy atom. The summed E-state index contributed by atoms with van der Waals surface area (Å²) in [6.45, 7) is 6.44. The second-order valence-corrected chi connectivity index (χ2v) is 4.40. The maximum atomic E-state index is 5.15. The minimum atomic E-state index is 0.682. The molecule has 7 heteroatoms. The summed E-state index contributed by atoms with van der Waals surface area (Å²) in [7, 11) is 0. The number of piperazine rings is 1. The van der Waals surface area contributed by atoms with E-state index in [2.05, 4.69) is 30.6 Å². The summed E-state index contributed by atoms with van der Waals surface area (Å²) in [6.07, 6.45) is 3.54. The van der Waals surface area contributed by atoms with Crippen LogP contribution in [0.2, 0.25) is 0 Å². The van der Waals surface area contributed by atoms with Crippen LogP contribution < -0.4 is 15.6 Å². The van der Waals surface area contributed by atoms with Crippen molar-refractivity contribution in [1.82, 2.24) is 25.7 Å². The molecular formula is C11H18N6S. The van der Waals surface area contributed by atoms with Crippen LogP contribution in [0.5, 0.6) is 0 Å². The molecular weight excluding hydrogens is 248 g/mol. The Hall–Kier alpha value is -1.47. The molecule has 1 aromatic heterocycles. The van der Waals surface area contributed by atoms with Gasteiger partial charge in [-0.15, -0.1) is 0 Å². The average molecular weight is 266 g/mol. The summed E-state index contributed by atoms with van der Waals surface area (Å²) in [5.74, 6) is 0.798. The van der Waals surface area contributed by atoms with Gasteiger partial charge in [-0.05, 0) is 25.2 Å². The highest BCUT2D eigenvalue weighted by Gasteiger charge is 2.18. The molecule has 1 aliphatic heterocycles. The van der Waals surface area contributed by atoms with Crippen LogP contribution in [-0.2, 0) is 0 Å². The fourth-order valence-electron chi connectivity index (χ4n) is 1.82. The maximum Gasteiger partial charge on any atom is 0.225 e. The van der Waals surface area contributed by atoms with Gasteiger partial charge in [-0.1, -0.05) is 0 Å². The normalized spacial score (nSPS) is 16.4. The fourth-order valence-corrected chi connectivity index (χ4v) is 2.09. The molecule has 0 saturated carbocycles. The van der Waals surface area contributed by atoms with Gasteiger partial charge >= 0.3 is 0 Å². The predicted molar refractivity (Wildman–Crippen MR) is 75.2 cm³/mol. The van der Waals surface area contributed by atoms with Crippen LogP contribution in [0.1, 0.15) is 6.92 Å². The molecule has 2 heterocycles. The molecule has 1 fully saturated rings. The van der Waals surface area contributed by atoms with Gasteiger partial charge in [0.15, 0.2) is 5.11 Å². The summed E-state index contributed by atoms with van der Waals surface area (Å²) in [5, 5.41) is 5.87. The van der Waals surface area contributed by atoms with E-state index in [-0.39, 0.29) is 0 Å². The number of aromatic nitrogens is 2. The van der Waals surface area contributed by atoms with Gasteiger partial charge in [-0.2, -0.15) is 0 Å². The van der Waals surface area contributed by atoms with Crippen LogP contribution >= 0.6 is 12.2 Å². The van der Waals surface area contributed by atoms with Crippen molar-refractivity contribution in [3.8, 4) is 0 Å². The van der Waals surface area contributed by atoms with Gasteiger partial charge in [0.25, 0.3) is 0 Å². The predicted octanol–water partition coefficient (Wildman–Crippen LogP) is -0.00240. The smallest absolute Gasteiger partial charge is 0.225 e. The molecule has 0 aliphatic carbocycles. The molecule has 0 atom stereocenters. The van der Waals surface area contributed by atoms with E-state index in [9.17, 15) is 0 Å². The average Bonchev–Trinajstić information content (AvgIpc) is 2.41. The van der Waals surface area contributed by atoms with E-state index in [0.29, 0.717) is 5.11 Å². The Labute approximate surface area is 112 Å². The molecule has 0 aromatic carbocycles. The number of nitrogens with zero attached hydrogens (tertiary/aromatic N) is 4. The summed E-state index contributed by atoms with van der Waals surface area (Å²) in [6, 6.07) is 1.83. The molecule has 18 heavy (non-hydrogen) atoms. The van der Waals surface area contributed by atoms with Crippen LogP contribution in [0.15, 0.2) is 18.5 Å². The maximum absolute atomic E-state index is 5.15. The SMILES string of the molecule is CCNC(=S)NN1CCN(c2ncccn2)CC1. The molecule has 0 spiro atoms. The monoisotopic (exact) mass is 266 g/mol. The lowest BCUT2D eigenvalue weighted by molar-refractivity contribution is 0.219. The zero-order chi connectivity index (χ0) is 12.8. The minimum absolute atomic E-state index is 0.682. The first-order valence-corrected chi connectivity index (χ1v) is 6.52. The van der Waals surface area contributed by atoms with E-state index in [1.807, 2.05) is 13.0 Å². The van der Waals surface area contributed by atoms with Crippen LogP contribution in [0.25, 0.3) is 0 Å². The van der Waals surface area contributed by atoms with Gasteiger partial charge in [0.2, 0.25) is 5.95 Å². The molecule has 1 aliphatic rings. The first-order valence-electron chi connectivity index (χ1n) is 6.11. The highest BCUT2D eigenvalue weighted by Crippen LogP contribution is 2.08. The quantitative estimate of drug-likeness (QED) is 0.747. The van der Waals surface area contributed by atoms with Gasteiger partial charge in [0.05, 0.1) is 0 Å². The van der Waals surface area contributed by atoms with E-state index in [1.54, 1.807) is 12.4 Å². The standard InChI is InChI=1S/C11H18N6S/c1-2-12-11(18)15-17-8-6-16(7-9-17)10-13-4-3-5-14-10/h3-5H,2,6-9H2,1H3,(H2,12,15,18). The van der Waals surface area contributed by atoms with Crippen LogP contribution in [0.3, 0.4) is 0 Å². The highest BCUT2D eigenvalue weighted by molar-refractivity contribution is 7.80. The third-order valence-electron chi connectivity index (χ3n) is 2.71. The number of hydrazine groups is 1. The third kappa shape index (κ3) is 3.51. The molecule has 1 saturated heterocycles. The number of hydrogen-bond acceptors (Lipinski definition) is 5. The number of thiocarbonyl (C=S) groups is 1. The zero-order valence-electron chi connectivity index (χ0n) is 10.5. The number of nitrogens with one attached hydrogen (secondary N) is 2. The summed E-state index contributed by atoms with van der Waals surface area (Å²) < 4.78 is 0. The molecule has 0 radical (unpaired) electrons. The Kier molecular flexibility index (Phi) is 4.66. The van der Waals surface area contributed by atoms with Crippen molar-refractivity contribution in [1.29, 1.82) is 0 Å². The summed E-state index contributed by atoms with van der Waals surface area (Å²) in [5.41, 5.74) is 3.18. The number of anilines is 1. The van der Waals surface area contributed by atoms with Crippen molar-refractivity contribution >= 4 is 23.3 Å².